The average molecular weight is 1540 g/mol. The smallest absolute Gasteiger partial charge is 0.245 e. The van der Waals surface area contributed by atoms with E-state index in [-0.39, 0.29) is 167 Å². The van der Waals surface area contributed by atoms with Crippen molar-refractivity contribution in [3.8, 4) is 0 Å². The molecule has 0 radical (unpaired) electrons. The molecule has 0 aromatic rings. The van der Waals surface area contributed by atoms with E-state index < -0.39 is 212 Å². The van der Waals surface area contributed by atoms with Crippen LogP contribution in [0.4, 0.5) is 0 Å². The lowest BCUT2D eigenvalue weighted by molar-refractivity contribution is -0.137. The molecule has 608 valence electrons. The third-order valence-electron chi connectivity index (χ3n) is 16.9. The van der Waals surface area contributed by atoms with Crippen LogP contribution in [0.3, 0.4) is 0 Å². The van der Waals surface area contributed by atoms with E-state index in [1.807, 2.05) is 0 Å². The molecule has 2 aliphatic heterocycles. The van der Waals surface area contributed by atoms with E-state index in [4.69, 9.17) is 57.3 Å². The van der Waals surface area contributed by atoms with Crippen molar-refractivity contribution in [2.45, 2.75) is 234 Å². The van der Waals surface area contributed by atoms with Gasteiger partial charge in [0.05, 0.1) is 25.9 Å². The fraction of sp³-hybridized carbons (Fsp3) is 0.703. The van der Waals surface area contributed by atoms with Crippen LogP contribution in [-0.2, 0) is 81.5 Å². The summed E-state index contributed by atoms with van der Waals surface area (Å²) in [5, 5.41) is 45.6. The molecule has 0 spiro atoms. The molecule has 0 bridgehead atoms. The predicted octanol–water partition coefficient (Wildman–Crippen LogP) is -11.7. The number of guanidine groups is 2. The number of rotatable bonds is 34. The van der Waals surface area contributed by atoms with Crippen LogP contribution < -0.4 is 132 Å². The quantitative estimate of drug-likeness (QED) is 0.0162. The Labute approximate surface area is 624 Å². The van der Waals surface area contributed by atoms with Crippen molar-refractivity contribution >= 4 is 112 Å². The first-order valence-electron chi connectivity index (χ1n) is 36.1. The molecule has 35 N–H and O–H groups in total. The van der Waals surface area contributed by atoms with Crippen LogP contribution in [0.1, 0.15) is 161 Å². The highest BCUT2D eigenvalue weighted by Crippen LogP contribution is 2.14. The van der Waals surface area contributed by atoms with E-state index in [0.717, 1.165) is 0 Å². The lowest BCUT2D eigenvalue weighted by Crippen LogP contribution is -2.61. The monoisotopic (exact) mass is 1530 g/mol. The van der Waals surface area contributed by atoms with Crippen molar-refractivity contribution in [2.24, 2.45) is 67.3 Å². The zero-order chi connectivity index (χ0) is 80.8. The van der Waals surface area contributed by atoms with E-state index in [9.17, 15) is 86.6 Å². The summed E-state index contributed by atoms with van der Waals surface area (Å²) in [6.45, 7) is 0.0992. The van der Waals surface area contributed by atoms with Crippen LogP contribution in [0.15, 0.2) is 9.98 Å². The van der Waals surface area contributed by atoms with Crippen LogP contribution in [0.25, 0.3) is 0 Å². The maximum atomic E-state index is 14.9. The summed E-state index contributed by atoms with van der Waals surface area (Å²) in [6, 6.07) is -19.5. The maximum absolute atomic E-state index is 14.9. The number of aliphatic hydroxyl groups excluding tert-OH is 1. The van der Waals surface area contributed by atoms with Crippen molar-refractivity contribution in [3.63, 3.8) is 0 Å². The molecule has 0 unspecified atom stereocenters. The molecule has 0 aromatic carbocycles. The fourth-order valence-electron chi connectivity index (χ4n) is 11.1. The number of nitrogens with zero attached hydrogens (tertiary/aromatic N) is 2. The summed E-state index contributed by atoms with van der Waals surface area (Å²) in [6.07, 6.45) is -2.55. The molecule has 12 atom stereocenters. The largest absolute Gasteiger partial charge is 0.394 e. The number of primary amides is 3. The second-order valence-electron chi connectivity index (χ2n) is 26.0. The number of carbonyl (C=O) groups excluding carboxylic acids is 17. The molecular weight excluding hydrogens is 1420 g/mol. The highest BCUT2D eigenvalue weighted by molar-refractivity contribution is 6.01. The fourth-order valence-corrected chi connectivity index (χ4v) is 11.1. The molecule has 2 heterocycles. The van der Waals surface area contributed by atoms with Gasteiger partial charge in [-0.3, -0.25) is 91.5 Å². The van der Waals surface area contributed by atoms with Crippen molar-refractivity contribution in [1.29, 1.82) is 0 Å². The number of hydrogen-bond donors (Lipinski definition) is 25. The van der Waals surface area contributed by atoms with Crippen LogP contribution in [0.2, 0.25) is 0 Å². The lowest BCUT2D eigenvalue weighted by atomic mass is 10.0. The van der Waals surface area contributed by atoms with Crippen molar-refractivity contribution in [1.82, 2.24) is 74.4 Å². The van der Waals surface area contributed by atoms with Crippen LogP contribution in [0, 0.1) is 0 Å². The number of unbranched alkanes of at least 4 members (excludes halogenated alkanes) is 3. The zero-order valence-corrected chi connectivity index (χ0v) is 61.1. The van der Waals surface area contributed by atoms with Gasteiger partial charge in [-0.1, -0.05) is 0 Å². The molecule has 44 nitrogen and oxygen atoms in total. The molecular formula is C64H114N26O18. The standard InChI is InChI=1S/C64H114N26O18/c1-34(92)79-35-17-5-10-27-76-50(96)32-45(89-62(108)46(33-91)90-58(104)38(16-4-9-25-67)82-55(101)40(84-52(35)98)19-12-28-77-63(71)72)61(107)85-41(20-13-29-78-64(73)74)56(102)80-36(14-2-7-23-65)53(99)83-39-18-6-11-26-75-49(95)31-43(51(70)97)87-59(105)42(21-22-47(68)93)86-60(106)44(30-48(69)94)88-57(103)37(81-54(39)100)15-3-8-24-66/h35-46,91H,2-33,65-67H2,1H3,(H2,68,93)(H2,69,94)(H2,70,97)(H,75,95)(H,76,96)(H,79,92)(H,80,102)(H,81,100)(H,82,101)(H,83,99)(H,84,98)(H,85,107)(H,86,106)(H,87,105)(H,88,103)(H,89,108)(H,90,104)(H4,71,72,77)(H4,73,74,78)/t35-,36-,37-,38-,39-,40-,41-,42-,43-,44-,45-,46-/m0/s1. The van der Waals surface area contributed by atoms with Crippen molar-refractivity contribution in [2.75, 3.05) is 52.4 Å². The van der Waals surface area contributed by atoms with Gasteiger partial charge in [-0.25, -0.2) is 0 Å². The Morgan fingerprint density at radius 2 is 0.852 bits per heavy atom. The van der Waals surface area contributed by atoms with E-state index in [2.05, 4.69) is 84.4 Å². The van der Waals surface area contributed by atoms with Crippen molar-refractivity contribution < 1.29 is 86.6 Å². The molecule has 2 fully saturated rings. The predicted molar refractivity (Wildman–Crippen MR) is 389 cm³/mol. The number of nitrogens with two attached hydrogens (primary N) is 10. The number of carbonyl (C=O) groups is 17. The van der Waals surface area contributed by atoms with Crippen LogP contribution >= 0.6 is 0 Å². The third kappa shape index (κ3) is 38.1. The first kappa shape index (κ1) is 93.5. The second-order valence-corrected chi connectivity index (χ2v) is 26.0. The number of aliphatic hydroxyl groups is 1. The van der Waals surface area contributed by atoms with Gasteiger partial charge in [-0.15, -0.1) is 0 Å². The Bertz CT molecular complexity index is 3120. The minimum absolute atomic E-state index is 0.0154. The Morgan fingerprint density at radius 1 is 0.444 bits per heavy atom. The number of amides is 17. The average Bonchev–Trinajstić information content (AvgIpc) is 0.859. The third-order valence-corrected chi connectivity index (χ3v) is 16.9. The summed E-state index contributed by atoms with van der Waals surface area (Å²) in [4.78, 5) is 242. The molecule has 0 aliphatic carbocycles. The molecule has 0 saturated carbocycles. The molecule has 2 rings (SSSR count). The normalized spacial score (nSPS) is 23.0. The van der Waals surface area contributed by atoms with Crippen LogP contribution in [0.5, 0.6) is 0 Å². The van der Waals surface area contributed by atoms with E-state index in [1.54, 1.807) is 0 Å². The summed E-state index contributed by atoms with van der Waals surface area (Å²) in [5.41, 5.74) is 55.9. The summed E-state index contributed by atoms with van der Waals surface area (Å²) in [7, 11) is 0. The zero-order valence-electron chi connectivity index (χ0n) is 61.1. The molecule has 0 aromatic heterocycles. The van der Waals surface area contributed by atoms with Gasteiger partial charge in [0, 0.05) is 39.5 Å². The molecule has 108 heavy (non-hydrogen) atoms. The summed E-state index contributed by atoms with van der Waals surface area (Å²) >= 11 is 0. The van der Waals surface area contributed by atoms with Gasteiger partial charge >= 0.3 is 0 Å². The Kier molecular flexibility index (Phi) is 44.6. The molecule has 2 saturated heterocycles. The van der Waals surface area contributed by atoms with Gasteiger partial charge in [-0.2, -0.15) is 0 Å². The SMILES string of the molecule is CC(=O)N[C@H]1CCCCNC(=O)C[C@@H](C(=O)N[C@@H](CCCN=C(N)N)C(=O)N[C@@H](CCCCN)C(=O)N[C@H]2CCCCNC(=O)C[C@@H](C(N)=O)NC(=O)[C@H](CCC(N)=O)NC(=O)[C@H](CC(N)=O)NC(=O)[C@H](CCCCN)NC2=O)NC(=O)[C@H](CO)NC(=O)[C@H](CCCCN)NC(=O)[C@H](CCCN=C(N)N)NC1=O. The Balaban J connectivity index is 2.78. The van der Waals surface area contributed by atoms with Gasteiger partial charge in [0.2, 0.25) is 100 Å². The van der Waals surface area contributed by atoms with Gasteiger partial charge in [-0.05, 0) is 148 Å². The van der Waals surface area contributed by atoms with Crippen LogP contribution in [-0.4, -0.2) is 242 Å². The van der Waals surface area contributed by atoms with E-state index in [1.165, 1.54) is 6.92 Å². The summed E-state index contributed by atoms with van der Waals surface area (Å²) in [5.74, 6) is -17.7. The van der Waals surface area contributed by atoms with E-state index >= 15 is 0 Å². The Morgan fingerprint density at radius 3 is 1.33 bits per heavy atom. The molecule has 44 heteroatoms. The Hall–Kier alpha value is -10.6. The minimum atomic E-state index is -1.93. The van der Waals surface area contributed by atoms with Crippen molar-refractivity contribution in [3.05, 3.63) is 0 Å². The maximum Gasteiger partial charge on any atom is 0.245 e. The highest BCUT2D eigenvalue weighted by atomic mass is 16.3. The number of hydrogen-bond acceptors (Lipinski definition) is 23. The van der Waals surface area contributed by atoms with E-state index in [0.29, 0.717) is 12.8 Å². The highest BCUT2D eigenvalue weighted by Gasteiger charge is 2.38. The van der Waals surface area contributed by atoms with Gasteiger partial charge in [0.1, 0.15) is 72.5 Å². The molecule has 2 aliphatic rings. The lowest BCUT2D eigenvalue weighted by Gasteiger charge is -2.28. The number of nitrogens with one attached hydrogen (secondary N) is 14. The minimum Gasteiger partial charge on any atom is -0.394 e. The topological polar surface area (TPSA) is 764 Å². The van der Waals surface area contributed by atoms with Gasteiger partial charge < -0.3 is 137 Å². The number of aliphatic imine (C=N–C) groups is 2. The first-order chi connectivity index (χ1) is 51.2. The van der Waals surface area contributed by atoms with Gasteiger partial charge in [0.15, 0.2) is 11.9 Å². The first-order valence-corrected chi connectivity index (χ1v) is 36.1. The second kappa shape index (κ2) is 51.6. The molecule has 17 amide bonds. The summed E-state index contributed by atoms with van der Waals surface area (Å²) < 4.78 is 0. The van der Waals surface area contributed by atoms with Gasteiger partial charge in [0.25, 0.3) is 0 Å².